The van der Waals surface area contributed by atoms with Crippen LogP contribution in [0.15, 0.2) is 23.1 Å². The normalized spacial score (nSPS) is 10.6. The highest BCUT2D eigenvalue weighted by Gasteiger charge is 2.09. The number of esters is 1. The molecule has 0 fully saturated rings. The highest BCUT2D eigenvalue weighted by atomic mass is 16.5. The number of aromatic nitrogens is 2. The highest BCUT2D eigenvalue weighted by molar-refractivity contribution is 5.81. The van der Waals surface area contributed by atoms with Crippen molar-refractivity contribution in [2.75, 3.05) is 7.11 Å². The second-order valence-electron chi connectivity index (χ2n) is 3.61. The minimum atomic E-state index is -0.377. The summed E-state index contributed by atoms with van der Waals surface area (Å²) < 4.78 is 6.15. The lowest BCUT2D eigenvalue weighted by molar-refractivity contribution is -0.141. The molecular formula is C11H12N2O3. The lowest BCUT2D eigenvalue weighted by Gasteiger charge is -2.03. The first-order chi connectivity index (χ1) is 7.61. The number of hydrogen-bond donors (Lipinski definition) is 1. The van der Waals surface area contributed by atoms with Crippen molar-refractivity contribution in [2.24, 2.45) is 0 Å². The van der Waals surface area contributed by atoms with Gasteiger partial charge in [0.25, 0.3) is 5.56 Å². The van der Waals surface area contributed by atoms with Gasteiger partial charge in [-0.25, -0.2) is 0 Å². The van der Waals surface area contributed by atoms with Crippen LogP contribution in [0.3, 0.4) is 0 Å². The third kappa shape index (κ3) is 1.71. The van der Waals surface area contributed by atoms with Crippen LogP contribution >= 0.6 is 0 Å². The van der Waals surface area contributed by atoms with Gasteiger partial charge in [-0.3, -0.25) is 9.59 Å². The maximum absolute atomic E-state index is 11.7. The average Bonchev–Trinajstić information content (AvgIpc) is 2.61. The Balaban J connectivity index is 2.56. The molecule has 2 aromatic heterocycles. The van der Waals surface area contributed by atoms with Crippen molar-refractivity contribution < 1.29 is 9.53 Å². The van der Waals surface area contributed by atoms with Gasteiger partial charge < -0.3 is 14.3 Å². The van der Waals surface area contributed by atoms with Gasteiger partial charge in [0.1, 0.15) is 12.1 Å². The molecule has 5 nitrogen and oxygen atoms in total. The lowest BCUT2D eigenvalue weighted by atomic mass is 10.3. The number of aryl methyl sites for hydroxylation is 1. The summed E-state index contributed by atoms with van der Waals surface area (Å²) in [6.07, 6.45) is 1.70. The van der Waals surface area contributed by atoms with E-state index in [0.29, 0.717) is 5.52 Å². The SMILES string of the molecule is COC(=O)Cn1ccc2cc(C)[nH]c(=O)c21. The summed E-state index contributed by atoms with van der Waals surface area (Å²) >= 11 is 0. The summed E-state index contributed by atoms with van der Waals surface area (Å²) in [7, 11) is 1.32. The predicted molar refractivity (Wildman–Crippen MR) is 59.3 cm³/mol. The zero-order valence-electron chi connectivity index (χ0n) is 9.11. The number of fused-ring (bicyclic) bond motifs is 1. The molecule has 1 N–H and O–H groups in total. The van der Waals surface area contributed by atoms with Crippen LogP contribution in [-0.2, 0) is 16.1 Å². The molecule has 0 radical (unpaired) electrons. The van der Waals surface area contributed by atoms with Gasteiger partial charge in [-0.05, 0) is 19.1 Å². The van der Waals surface area contributed by atoms with E-state index in [1.54, 1.807) is 16.8 Å². The van der Waals surface area contributed by atoms with E-state index in [0.717, 1.165) is 11.1 Å². The fourth-order valence-corrected chi connectivity index (χ4v) is 1.71. The third-order valence-corrected chi connectivity index (χ3v) is 2.42. The van der Waals surface area contributed by atoms with Gasteiger partial charge in [0.05, 0.1) is 7.11 Å². The van der Waals surface area contributed by atoms with Crippen molar-refractivity contribution in [1.82, 2.24) is 9.55 Å². The fourth-order valence-electron chi connectivity index (χ4n) is 1.71. The standard InChI is InChI=1S/C11H12N2O3/c1-7-5-8-3-4-13(6-9(14)16-2)10(8)11(15)12-7/h3-5H,6H2,1-2H3,(H,12,15). The average molecular weight is 220 g/mol. The van der Waals surface area contributed by atoms with E-state index < -0.39 is 0 Å². The monoisotopic (exact) mass is 220 g/mol. The van der Waals surface area contributed by atoms with Crippen molar-refractivity contribution in [3.8, 4) is 0 Å². The Morgan fingerprint density at radius 1 is 1.56 bits per heavy atom. The first-order valence-electron chi connectivity index (χ1n) is 4.87. The maximum atomic E-state index is 11.7. The van der Waals surface area contributed by atoms with Crippen LogP contribution in [0, 0.1) is 6.92 Å². The minimum absolute atomic E-state index is 0.0478. The molecule has 0 aliphatic rings. The molecule has 2 rings (SSSR count). The van der Waals surface area contributed by atoms with Gasteiger partial charge in [-0.15, -0.1) is 0 Å². The number of aromatic amines is 1. The van der Waals surface area contributed by atoms with Crippen LogP contribution in [0.1, 0.15) is 5.69 Å². The van der Waals surface area contributed by atoms with Crippen LogP contribution in [0.2, 0.25) is 0 Å². The number of methoxy groups -OCH3 is 1. The van der Waals surface area contributed by atoms with Crippen molar-refractivity contribution in [3.05, 3.63) is 34.4 Å². The van der Waals surface area contributed by atoms with Crippen molar-refractivity contribution in [2.45, 2.75) is 13.5 Å². The fraction of sp³-hybridized carbons (Fsp3) is 0.273. The number of hydrogen-bond acceptors (Lipinski definition) is 3. The van der Waals surface area contributed by atoms with Crippen LogP contribution in [-0.4, -0.2) is 22.6 Å². The Morgan fingerprint density at radius 3 is 3.00 bits per heavy atom. The maximum Gasteiger partial charge on any atom is 0.325 e. The smallest absolute Gasteiger partial charge is 0.325 e. The summed E-state index contributed by atoms with van der Waals surface area (Å²) in [5.74, 6) is -0.377. The van der Waals surface area contributed by atoms with Gasteiger partial charge in [0, 0.05) is 17.3 Å². The molecule has 84 valence electrons. The van der Waals surface area contributed by atoms with Gasteiger partial charge >= 0.3 is 5.97 Å². The molecule has 0 aromatic carbocycles. The predicted octanol–water partition coefficient (Wildman–Crippen LogP) is 0.811. The lowest BCUT2D eigenvalue weighted by Crippen LogP contribution is -2.16. The Kier molecular flexibility index (Phi) is 2.52. The van der Waals surface area contributed by atoms with Crippen LogP contribution in [0.5, 0.6) is 0 Å². The number of carbonyl (C=O) groups excluding carboxylic acids is 1. The molecule has 0 atom stereocenters. The van der Waals surface area contributed by atoms with Crippen molar-refractivity contribution >= 4 is 16.9 Å². The van der Waals surface area contributed by atoms with E-state index in [-0.39, 0.29) is 18.1 Å². The molecule has 2 heterocycles. The number of nitrogens with zero attached hydrogens (tertiary/aromatic N) is 1. The summed E-state index contributed by atoms with van der Waals surface area (Å²) in [6, 6.07) is 3.67. The molecule has 0 aliphatic heterocycles. The Labute approximate surface area is 91.6 Å². The zero-order chi connectivity index (χ0) is 11.7. The summed E-state index contributed by atoms with van der Waals surface area (Å²) in [5.41, 5.74) is 1.10. The highest BCUT2D eigenvalue weighted by Crippen LogP contribution is 2.12. The number of ether oxygens (including phenoxy) is 1. The number of pyridine rings is 1. The van der Waals surface area contributed by atoms with Crippen LogP contribution in [0.25, 0.3) is 10.9 Å². The second-order valence-corrected chi connectivity index (χ2v) is 3.61. The first kappa shape index (κ1) is 10.5. The number of rotatable bonds is 2. The van der Waals surface area contributed by atoms with E-state index >= 15 is 0 Å². The Hall–Kier alpha value is -2.04. The minimum Gasteiger partial charge on any atom is -0.468 e. The Morgan fingerprint density at radius 2 is 2.31 bits per heavy atom. The van der Waals surface area contributed by atoms with E-state index in [1.165, 1.54) is 7.11 Å². The summed E-state index contributed by atoms with van der Waals surface area (Å²) in [5, 5.41) is 0.824. The molecule has 0 saturated heterocycles. The Bertz CT molecular complexity index is 595. The molecule has 5 heteroatoms. The van der Waals surface area contributed by atoms with E-state index in [2.05, 4.69) is 9.72 Å². The summed E-state index contributed by atoms with van der Waals surface area (Å²) in [6.45, 7) is 1.87. The zero-order valence-corrected chi connectivity index (χ0v) is 9.11. The quantitative estimate of drug-likeness (QED) is 0.762. The van der Waals surface area contributed by atoms with Crippen molar-refractivity contribution in [3.63, 3.8) is 0 Å². The molecule has 0 amide bonds. The molecule has 0 bridgehead atoms. The van der Waals surface area contributed by atoms with Gasteiger partial charge in [0.2, 0.25) is 0 Å². The van der Waals surface area contributed by atoms with Crippen LogP contribution in [0.4, 0.5) is 0 Å². The van der Waals surface area contributed by atoms with Gasteiger partial charge in [0.15, 0.2) is 0 Å². The first-order valence-corrected chi connectivity index (χ1v) is 4.87. The topological polar surface area (TPSA) is 64.1 Å². The van der Waals surface area contributed by atoms with E-state index in [9.17, 15) is 9.59 Å². The molecule has 0 unspecified atom stereocenters. The van der Waals surface area contributed by atoms with Crippen LogP contribution < -0.4 is 5.56 Å². The second kappa shape index (κ2) is 3.84. The molecule has 0 aliphatic carbocycles. The molecule has 2 aromatic rings. The van der Waals surface area contributed by atoms with Gasteiger partial charge in [-0.1, -0.05) is 0 Å². The van der Waals surface area contributed by atoms with E-state index in [4.69, 9.17) is 0 Å². The largest absolute Gasteiger partial charge is 0.468 e. The third-order valence-electron chi connectivity index (χ3n) is 2.42. The molecule has 16 heavy (non-hydrogen) atoms. The molecule has 0 saturated carbocycles. The molecule has 0 spiro atoms. The molecular weight excluding hydrogens is 208 g/mol. The number of carbonyl (C=O) groups is 1. The van der Waals surface area contributed by atoms with Gasteiger partial charge in [-0.2, -0.15) is 0 Å². The van der Waals surface area contributed by atoms with E-state index in [1.807, 2.05) is 13.0 Å². The number of H-pyrrole nitrogens is 1. The summed E-state index contributed by atoms with van der Waals surface area (Å²) in [4.78, 5) is 25.6. The van der Waals surface area contributed by atoms with Crippen molar-refractivity contribution in [1.29, 1.82) is 0 Å². The number of nitrogens with one attached hydrogen (secondary N) is 1.